The van der Waals surface area contributed by atoms with Gasteiger partial charge in [-0.3, -0.25) is 14.5 Å². The first-order valence-electron chi connectivity index (χ1n) is 23.4. The number of rotatable bonds is 13. The summed E-state index contributed by atoms with van der Waals surface area (Å²) in [5.41, 5.74) is -3.69. The predicted octanol–water partition coefficient (Wildman–Crippen LogP) is 3.02. The van der Waals surface area contributed by atoms with E-state index in [1.165, 1.54) is 14.0 Å². The summed E-state index contributed by atoms with van der Waals surface area (Å²) in [6, 6.07) is 8.51. The van der Waals surface area contributed by atoms with Crippen molar-refractivity contribution in [2.45, 2.75) is 198 Å². The minimum Gasteiger partial charge on any atom is -0.459 e. The molecule has 1 aromatic rings. The van der Waals surface area contributed by atoms with Crippen molar-refractivity contribution in [2.24, 2.45) is 17.8 Å². The number of nitrogens with zero attached hydrogens (tertiary/aromatic N) is 2. The van der Waals surface area contributed by atoms with E-state index in [9.17, 15) is 35.1 Å². The highest BCUT2D eigenvalue weighted by atomic mass is 16.7. The third-order valence-corrected chi connectivity index (χ3v) is 14.2. The molecule has 64 heavy (non-hydrogen) atoms. The molecule has 4 rings (SSSR count). The summed E-state index contributed by atoms with van der Waals surface area (Å²) in [5.74, 6) is -2.94. The minimum atomic E-state index is -1.90. The molecule has 16 heteroatoms. The van der Waals surface area contributed by atoms with Crippen LogP contribution in [0.5, 0.6) is 0 Å². The number of carbonyl (C=O) groups is 2. The minimum absolute atomic E-state index is 0.105. The molecule has 3 saturated heterocycles. The third kappa shape index (κ3) is 13.4. The Morgan fingerprint density at radius 1 is 0.953 bits per heavy atom. The van der Waals surface area contributed by atoms with Crippen LogP contribution in [0.2, 0.25) is 0 Å². The molecule has 16 nitrogen and oxygen atoms in total. The van der Waals surface area contributed by atoms with Crippen molar-refractivity contribution in [3.8, 4) is 0 Å². The quantitative estimate of drug-likeness (QED) is 0.124. The molecule has 0 radical (unpaired) electrons. The number of cyclic esters (lactones) is 1. The smallest absolute Gasteiger partial charge is 0.311 e. The number of esters is 1. The Kier molecular flexibility index (Phi) is 19.6. The molecule has 368 valence electrons. The van der Waals surface area contributed by atoms with Gasteiger partial charge in [0.1, 0.15) is 30.0 Å². The van der Waals surface area contributed by atoms with Crippen molar-refractivity contribution < 1.29 is 63.5 Å². The van der Waals surface area contributed by atoms with Crippen molar-refractivity contribution in [1.82, 2.24) is 15.1 Å². The number of carbonyl (C=O) groups excluding carboxylic acids is 2. The van der Waals surface area contributed by atoms with Gasteiger partial charge >= 0.3 is 5.97 Å². The van der Waals surface area contributed by atoms with Gasteiger partial charge < -0.3 is 64.2 Å². The van der Waals surface area contributed by atoms with Gasteiger partial charge in [0.2, 0.25) is 5.91 Å². The lowest BCUT2D eigenvalue weighted by Gasteiger charge is -2.48. The lowest BCUT2D eigenvalue weighted by molar-refractivity contribution is -0.318. The van der Waals surface area contributed by atoms with E-state index in [1.807, 2.05) is 81.9 Å². The number of benzene rings is 1. The fourth-order valence-electron chi connectivity index (χ4n) is 10.3. The summed E-state index contributed by atoms with van der Waals surface area (Å²) in [6.45, 7) is 18.7. The second-order valence-electron chi connectivity index (χ2n) is 20.1. The summed E-state index contributed by atoms with van der Waals surface area (Å²) in [5, 5.41) is 62.8. The average molecular weight is 910 g/mol. The molecule has 1 unspecified atom stereocenters. The van der Waals surface area contributed by atoms with E-state index in [0.29, 0.717) is 32.5 Å². The second-order valence-corrected chi connectivity index (χ2v) is 20.1. The Labute approximate surface area is 382 Å². The molecule has 0 saturated carbocycles. The highest BCUT2D eigenvalue weighted by Crippen LogP contribution is 2.40. The number of amides is 1. The first-order valence-corrected chi connectivity index (χ1v) is 23.4. The Morgan fingerprint density at radius 2 is 1.61 bits per heavy atom. The largest absolute Gasteiger partial charge is 0.459 e. The Bertz CT molecular complexity index is 1600. The van der Waals surface area contributed by atoms with Gasteiger partial charge in [0.05, 0.1) is 48.0 Å². The molecule has 1 amide bonds. The summed E-state index contributed by atoms with van der Waals surface area (Å²) >= 11 is 0. The van der Waals surface area contributed by atoms with Gasteiger partial charge in [0, 0.05) is 51.2 Å². The van der Waals surface area contributed by atoms with E-state index in [1.54, 1.807) is 34.6 Å². The number of likely N-dealkylation sites (N-methyl/N-ethyl adjacent to an activating group) is 1. The van der Waals surface area contributed by atoms with E-state index < -0.39 is 96.0 Å². The normalized spacial score (nSPS) is 42.4. The van der Waals surface area contributed by atoms with Gasteiger partial charge in [-0.25, -0.2) is 0 Å². The first kappa shape index (κ1) is 54.3. The number of aliphatic hydroxyl groups excluding tert-OH is 3. The van der Waals surface area contributed by atoms with Crippen LogP contribution >= 0.6 is 0 Å². The van der Waals surface area contributed by atoms with Gasteiger partial charge in [0.25, 0.3) is 0 Å². The highest BCUT2D eigenvalue weighted by molar-refractivity contribution is 5.78. The van der Waals surface area contributed by atoms with Crippen molar-refractivity contribution in [3.05, 3.63) is 35.9 Å². The molecule has 0 aromatic heterocycles. The molecule has 18 atom stereocenters. The van der Waals surface area contributed by atoms with Crippen LogP contribution in [0.25, 0.3) is 0 Å². The van der Waals surface area contributed by atoms with Crippen LogP contribution in [0.1, 0.15) is 107 Å². The van der Waals surface area contributed by atoms with Gasteiger partial charge in [-0.1, -0.05) is 51.1 Å². The number of aliphatic hydroxyl groups is 5. The third-order valence-electron chi connectivity index (χ3n) is 14.2. The molecule has 3 aliphatic rings. The molecule has 3 heterocycles. The lowest BCUT2D eigenvalue weighted by atomic mass is 9.77. The molecule has 0 aliphatic carbocycles. The van der Waals surface area contributed by atoms with Crippen LogP contribution < -0.4 is 5.32 Å². The SMILES string of the molecule is CCC1OC(=O)[C@H](C)[C@@H](O[C@H]2C[C@@](C)(OC)[C@@H](O)[C@H](C)O2)[C@H](C)[C@@H](O[C@H]2O[C@@H](C)C[C@@H](N(C)C)[C@@H]2O)[C@](C)(O)C[C@@H](C)CN(CCCNC(=O)Cc2ccccc2)[C@H](C)[C@@H](O)[C@]1(C)O. The molecule has 1 aromatic carbocycles. The second kappa shape index (κ2) is 23.1. The van der Waals surface area contributed by atoms with Gasteiger partial charge in [-0.2, -0.15) is 0 Å². The molecule has 6 N–H and O–H groups in total. The summed E-state index contributed by atoms with van der Waals surface area (Å²) in [4.78, 5) is 31.3. The fraction of sp³-hybridized carbons (Fsp3) is 0.833. The molecular weight excluding hydrogens is 827 g/mol. The van der Waals surface area contributed by atoms with Crippen LogP contribution in [-0.4, -0.2) is 178 Å². The van der Waals surface area contributed by atoms with Crippen LogP contribution in [0, 0.1) is 17.8 Å². The van der Waals surface area contributed by atoms with Crippen LogP contribution in [0.4, 0.5) is 0 Å². The van der Waals surface area contributed by atoms with Crippen molar-refractivity contribution in [1.29, 1.82) is 0 Å². The topological polar surface area (TPSA) is 209 Å². The zero-order chi connectivity index (χ0) is 47.9. The van der Waals surface area contributed by atoms with E-state index in [-0.39, 0.29) is 49.7 Å². The zero-order valence-corrected chi connectivity index (χ0v) is 40.8. The predicted molar refractivity (Wildman–Crippen MR) is 241 cm³/mol. The lowest BCUT2D eigenvalue weighted by Crippen LogP contribution is -2.60. The first-order chi connectivity index (χ1) is 29.9. The number of methoxy groups -OCH3 is 1. The Hall–Kier alpha value is -2.32. The van der Waals surface area contributed by atoms with Crippen LogP contribution in [-0.2, 0) is 44.4 Å². The van der Waals surface area contributed by atoms with E-state index in [4.69, 9.17) is 28.4 Å². The van der Waals surface area contributed by atoms with Crippen molar-refractivity contribution in [2.75, 3.05) is 40.8 Å². The monoisotopic (exact) mass is 910 g/mol. The van der Waals surface area contributed by atoms with Gasteiger partial charge in [-0.15, -0.1) is 0 Å². The van der Waals surface area contributed by atoms with E-state index in [2.05, 4.69) is 5.32 Å². The number of ether oxygens (including phenoxy) is 6. The zero-order valence-electron chi connectivity index (χ0n) is 40.8. The number of hydrogen-bond donors (Lipinski definition) is 6. The van der Waals surface area contributed by atoms with Crippen molar-refractivity contribution >= 4 is 11.9 Å². The van der Waals surface area contributed by atoms with E-state index >= 15 is 0 Å². The Balaban J connectivity index is 1.75. The summed E-state index contributed by atoms with van der Waals surface area (Å²) in [7, 11) is 5.26. The number of hydrogen-bond acceptors (Lipinski definition) is 15. The van der Waals surface area contributed by atoms with Crippen LogP contribution in [0.15, 0.2) is 30.3 Å². The maximum atomic E-state index is 14.5. The molecule has 3 aliphatic heterocycles. The standard InChI is InChI=1S/C48H83N3O13/c1-14-36-48(10,58)41(54)32(6)51(22-18-21-49-37(52)24-34-19-16-15-17-20-34)27-28(2)25-46(8,57)43(64-45-39(53)35(50(11)12)23-29(3)60-45)30(4)40(31(5)44(56)62-36)63-38-26-47(9,59-13)42(55)33(7)61-38/h15-17,19-20,28-33,35-36,38-43,45,53-55,57-58H,14,18,21-27H2,1-13H3,(H,49,52)/t28-,29+,30+,31-,32-,33+,35-,36?,38+,39+,40+,41-,42+,43-,45-,46-,47-,48-/m1/s1. The maximum Gasteiger partial charge on any atom is 0.311 e. The highest BCUT2D eigenvalue weighted by Gasteiger charge is 2.53. The average Bonchev–Trinajstić information content (AvgIpc) is 3.23. The van der Waals surface area contributed by atoms with Gasteiger partial charge in [0.15, 0.2) is 12.6 Å². The summed E-state index contributed by atoms with van der Waals surface area (Å²) in [6.07, 6.45) is -8.13. The van der Waals surface area contributed by atoms with Gasteiger partial charge in [-0.05, 0) is 99.7 Å². The number of nitrogens with one attached hydrogen (secondary N) is 1. The van der Waals surface area contributed by atoms with Crippen LogP contribution in [0.3, 0.4) is 0 Å². The fourth-order valence-corrected chi connectivity index (χ4v) is 10.3. The molecular formula is C48H83N3O13. The molecule has 0 spiro atoms. The Morgan fingerprint density at radius 3 is 2.22 bits per heavy atom. The van der Waals surface area contributed by atoms with Crippen molar-refractivity contribution in [3.63, 3.8) is 0 Å². The molecule has 0 bridgehead atoms. The molecule has 3 fully saturated rings. The maximum absolute atomic E-state index is 14.5. The van der Waals surface area contributed by atoms with E-state index in [0.717, 1.165) is 5.56 Å². The summed E-state index contributed by atoms with van der Waals surface area (Å²) < 4.78 is 38.0.